The largest absolute Gasteiger partial charge is 0.391 e. The molecule has 4 heterocycles. The van der Waals surface area contributed by atoms with Gasteiger partial charge in [0.25, 0.3) is 5.91 Å². The molecular formula is C23H33N5O3. The first-order valence-electron chi connectivity index (χ1n) is 11.6. The van der Waals surface area contributed by atoms with Gasteiger partial charge in [0.05, 0.1) is 31.2 Å². The molecule has 2 saturated heterocycles. The fraction of sp³-hybridized carbons (Fsp3) is 0.696. The third-order valence-corrected chi connectivity index (χ3v) is 7.18. The molecule has 0 bridgehead atoms. The van der Waals surface area contributed by atoms with Crippen LogP contribution in [-0.2, 0) is 11.3 Å². The number of imidazole rings is 1. The normalized spacial score (nSPS) is 29.6. The Hall–Kier alpha value is -2.03. The van der Waals surface area contributed by atoms with E-state index in [1.54, 1.807) is 6.20 Å². The second-order valence-electron chi connectivity index (χ2n) is 9.84. The molecule has 31 heavy (non-hydrogen) atoms. The summed E-state index contributed by atoms with van der Waals surface area (Å²) in [6, 6.07) is 2.05. The van der Waals surface area contributed by atoms with Gasteiger partial charge in [-0.05, 0) is 36.7 Å². The van der Waals surface area contributed by atoms with Crippen LogP contribution in [0.25, 0.3) is 11.2 Å². The van der Waals surface area contributed by atoms with Crippen LogP contribution in [0.15, 0.2) is 18.6 Å². The summed E-state index contributed by atoms with van der Waals surface area (Å²) in [6.45, 7) is 9.92. The number of ether oxygens (including phenoxy) is 1. The van der Waals surface area contributed by atoms with E-state index in [0.717, 1.165) is 69.9 Å². The first kappa shape index (κ1) is 20.8. The molecule has 8 heteroatoms. The average Bonchev–Trinajstić information content (AvgIpc) is 3.36. The van der Waals surface area contributed by atoms with Gasteiger partial charge in [-0.25, -0.2) is 9.97 Å². The second-order valence-corrected chi connectivity index (χ2v) is 9.84. The van der Waals surface area contributed by atoms with Crippen molar-refractivity contribution in [1.29, 1.82) is 0 Å². The summed E-state index contributed by atoms with van der Waals surface area (Å²) in [7, 11) is 0. The van der Waals surface area contributed by atoms with Crippen LogP contribution in [0.3, 0.4) is 0 Å². The molecule has 2 aromatic heterocycles. The maximum absolute atomic E-state index is 13.2. The van der Waals surface area contributed by atoms with Gasteiger partial charge in [0, 0.05) is 45.0 Å². The number of carbonyl (C=O) groups is 1. The number of amides is 1. The Morgan fingerprint density at radius 1 is 1.19 bits per heavy atom. The molecule has 3 aliphatic rings. The number of hydrogen-bond acceptors (Lipinski definition) is 6. The summed E-state index contributed by atoms with van der Waals surface area (Å²) in [5.41, 5.74) is 2.20. The SMILES string of the molecule is CC(C)Cn1cnc2cc(C(=O)N3C[C@H]4C[C@@H](N5CCOCC5)[C@H](O)C[C@H]4C3)cnc21. The Bertz CT molecular complexity index is 938. The number of likely N-dealkylation sites (tertiary alicyclic amines) is 1. The van der Waals surface area contributed by atoms with Crippen molar-refractivity contribution in [2.24, 2.45) is 17.8 Å². The quantitative estimate of drug-likeness (QED) is 0.799. The summed E-state index contributed by atoms with van der Waals surface area (Å²) >= 11 is 0. The third-order valence-electron chi connectivity index (χ3n) is 7.18. The fourth-order valence-electron chi connectivity index (χ4n) is 5.65. The van der Waals surface area contributed by atoms with Gasteiger partial charge in [-0.2, -0.15) is 0 Å². The molecule has 0 spiro atoms. The topological polar surface area (TPSA) is 83.7 Å². The smallest absolute Gasteiger partial charge is 0.255 e. The molecule has 1 aliphatic carbocycles. The van der Waals surface area contributed by atoms with E-state index in [1.165, 1.54) is 0 Å². The minimum atomic E-state index is -0.322. The number of morpholine rings is 1. The lowest BCUT2D eigenvalue weighted by atomic mass is 9.77. The Morgan fingerprint density at radius 3 is 2.68 bits per heavy atom. The number of rotatable bonds is 4. The number of nitrogens with zero attached hydrogens (tertiary/aromatic N) is 5. The zero-order chi connectivity index (χ0) is 21.5. The van der Waals surface area contributed by atoms with Crippen LogP contribution in [0.5, 0.6) is 0 Å². The Kier molecular flexibility index (Phi) is 5.71. The van der Waals surface area contributed by atoms with Crippen molar-refractivity contribution >= 4 is 17.1 Å². The van der Waals surface area contributed by atoms with E-state index < -0.39 is 0 Å². The molecule has 8 nitrogen and oxygen atoms in total. The molecule has 2 aromatic rings. The standard InChI is InChI=1S/C23H33N5O3/c1-15(2)11-28-14-25-19-7-16(10-24-22(19)28)23(30)27-12-17-8-20(21(29)9-18(17)13-27)26-3-5-31-6-4-26/h7,10,14-15,17-18,20-21,29H,3-6,8-9,11-13H2,1-2H3/t17-,18+,20-,21-/m1/s1. The number of aliphatic hydroxyl groups is 1. The summed E-state index contributed by atoms with van der Waals surface area (Å²) in [5.74, 6) is 1.35. The van der Waals surface area contributed by atoms with E-state index in [-0.39, 0.29) is 18.1 Å². The predicted molar refractivity (Wildman–Crippen MR) is 117 cm³/mol. The van der Waals surface area contributed by atoms with Crippen LogP contribution in [0.1, 0.15) is 37.0 Å². The summed E-state index contributed by atoms with van der Waals surface area (Å²) in [4.78, 5) is 26.6. The van der Waals surface area contributed by atoms with Crippen molar-refractivity contribution < 1.29 is 14.6 Å². The number of pyridine rings is 1. The van der Waals surface area contributed by atoms with Crippen molar-refractivity contribution in [3.05, 3.63) is 24.2 Å². The molecule has 0 radical (unpaired) electrons. The molecule has 1 N–H and O–H groups in total. The van der Waals surface area contributed by atoms with Gasteiger partial charge in [0.1, 0.15) is 5.52 Å². The predicted octanol–water partition coefficient (Wildman–Crippen LogP) is 1.63. The summed E-state index contributed by atoms with van der Waals surface area (Å²) in [6.07, 6.45) is 4.90. The molecule has 0 unspecified atom stereocenters. The monoisotopic (exact) mass is 427 g/mol. The number of carbonyl (C=O) groups excluding carboxylic acids is 1. The van der Waals surface area contributed by atoms with Crippen LogP contribution in [-0.4, -0.2) is 86.9 Å². The molecule has 1 saturated carbocycles. The molecule has 3 fully saturated rings. The minimum Gasteiger partial charge on any atom is -0.391 e. The van der Waals surface area contributed by atoms with Gasteiger partial charge in [-0.1, -0.05) is 13.8 Å². The molecule has 1 amide bonds. The molecule has 2 aliphatic heterocycles. The highest BCUT2D eigenvalue weighted by molar-refractivity contribution is 5.96. The third kappa shape index (κ3) is 4.08. The van der Waals surface area contributed by atoms with E-state index >= 15 is 0 Å². The zero-order valence-corrected chi connectivity index (χ0v) is 18.5. The van der Waals surface area contributed by atoms with Crippen LogP contribution < -0.4 is 0 Å². The Labute approximate surface area is 183 Å². The van der Waals surface area contributed by atoms with Gasteiger partial charge >= 0.3 is 0 Å². The van der Waals surface area contributed by atoms with E-state index in [9.17, 15) is 9.90 Å². The first-order chi connectivity index (χ1) is 15.0. The molecular weight excluding hydrogens is 394 g/mol. The zero-order valence-electron chi connectivity index (χ0n) is 18.5. The van der Waals surface area contributed by atoms with E-state index in [2.05, 4.69) is 28.7 Å². The van der Waals surface area contributed by atoms with Crippen LogP contribution in [0.4, 0.5) is 0 Å². The highest BCUT2D eigenvalue weighted by Crippen LogP contribution is 2.39. The van der Waals surface area contributed by atoms with Crippen molar-refractivity contribution in [1.82, 2.24) is 24.3 Å². The highest BCUT2D eigenvalue weighted by Gasteiger charge is 2.44. The average molecular weight is 428 g/mol. The number of fused-ring (bicyclic) bond motifs is 2. The first-order valence-corrected chi connectivity index (χ1v) is 11.6. The fourth-order valence-corrected chi connectivity index (χ4v) is 5.65. The lowest BCUT2D eigenvalue weighted by Crippen LogP contribution is -2.53. The second kappa shape index (κ2) is 8.48. The molecule has 0 aromatic carbocycles. The van der Waals surface area contributed by atoms with Gasteiger partial charge in [0.2, 0.25) is 0 Å². The van der Waals surface area contributed by atoms with Crippen molar-refractivity contribution in [3.8, 4) is 0 Å². The lowest BCUT2D eigenvalue weighted by Gasteiger charge is -2.43. The van der Waals surface area contributed by atoms with Gasteiger partial charge in [-0.3, -0.25) is 9.69 Å². The van der Waals surface area contributed by atoms with Gasteiger partial charge in [0.15, 0.2) is 5.65 Å². The van der Waals surface area contributed by atoms with Gasteiger partial charge < -0.3 is 19.3 Å². The maximum Gasteiger partial charge on any atom is 0.255 e. The molecule has 168 valence electrons. The van der Waals surface area contributed by atoms with E-state index in [4.69, 9.17) is 4.74 Å². The Balaban J connectivity index is 1.28. The van der Waals surface area contributed by atoms with E-state index in [1.807, 2.05) is 21.9 Å². The van der Waals surface area contributed by atoms with Crippen LogP contribution in [0.2, 0.25) is 0 Å². The minimum absolute atomic E-state index is 0.0274. The molecule has 4 atom stereocenters. The Morgan fingerprint density at radius 2 is 1.94 bits per heavy atom. The lowest BCUT2D eigenvalue weighted by molar-refractivity contribution is -0.0520. The maximum atomic E-state index is 13.2. The number of aliphatic hydroxyl groups excluding tert-OH is 1. The van der Waals surface area contributed by atoms with E-state index in [0.29, 0.717) is 23.3 Å². The van der Waals surface area contributed by atoms with Crippen molar-refractivity contribution in [2.45, 2.75) is 45.4 Å². The summed E-state index contributed by atoms with van der Waals surface area (Å²) < 4.78 is 7.52. The number of hydrogen-bond donors (Lipinski definition) is 1. The highest BCUT2D eigenvalue weighted by atomic mass is 16.5. The van der Waals surface area contributed by atoms with Crippen LogP contribution >= 0.6 is 0 Å². The number of aromatic nitrogens is 3. The van der Waals surface area contributed by atoms with Crippen molar-refractivity contribution in [3.63, 3.8) is 0 Å². The van der Waals surface area contributed by atoms with Crippen molar-refractivity contribution in [2.75, 3.05) is 39.4 Å². The summed E-state index contributed by atoms with van der Waals surface area (Å²) in [5, 5.41) is 10.8. The van der Waals surface area contributed by atoms with Gasteiger partial charge in [-0.15, -0.1) is 0 Å². The van der Waals surface area contributed by atoms with Crippen LogP contribution in [0, 0.1) is 17.8 Å². The molecule has 5 rings (SSSR count).